The largest absolute Gasteiger partial charge is 0.352 e. The Morgan fingerprint density at radius 3 is 2.52 bits per heavy atom. The number of nitrogens with one attached hydrogen (secondary N) is 1. The van der Waals surface area contributed by atoms with Crippen molar-refractivity contribution in [2.45, 2.75) is 30.6 Å². The smallest absolute Gasteiger partial charge is 0.251 e. The lowest BCUT2D eigenvalue weighted by Crippen LogP contribution is -2.35. The summed E-state index contributed by atoms with van der Waals surface area (Å²) in [6, 6.07) is 12.5. The minimum absolute atomic E-state index is 0.131. The van der Waals surface area contributed by atoms with E-state index in [1.165, 1.54) is 22.5 Å². The number of rotatable bonds is 6. The van der Waals surface area contributed by atoms with Crippen molar-refractivity contribution < 1.29 is 17.6 Å². The van der Waals surface area contributed by atoms with Crippen molar-refractivity contribution in [3.8, 4) is 0 Å². The quantitative estimate of drug-likeness (QED) is 0.825. The van der Waals surface area contributed by atoms with E-state index in [9.17, 15) is 17.6 Å². The van der Waals surface area contributed by atoms with Crippen molar-refractivity contribution >= 4 is 15.9 Å². The number of amides is 1. The molecule has 3 rings (SSSR count). The van der Waals surface area contributed by atoms with Crippen LogP contribution in [0.1, 0.15) is 35.2 Å². The van der Waals surface area contributed by atoms with Gasteiger partial charge in [-0.05, 0) is 49.1 Å². The first-order chi connectivity index (χ1) is 13.0. The van der Waals surface area contributed by atoms with Gasteiger partial charge in [-0.1, -0.05) is 30.7 Å². The highest BCUT2D eigenvalue weighted by atomic mass is 32.2. The van der Waals surface area contributed by atoms with Crippen LogP contribution in [0.4, 0.5) is 4.39 Å². The SMILES string of the molecule is O=C(NCCc1ccccc1F)c1cccc(S(=O)(=O)N2CCCCC2)c1. The number of carbonyl (C=O) groups is 1. The molecule has 2 aromatic rings. The molecule has 0 aliphatic carbocycles. The third kappa shape index (κ3) is 4.73. The number of nitrogens with zero attached hydrogens (tertiary/aromatic N) is 1. The van der Waals surface area contributed by atoms with Gasteiger partial charge in [0.25, 0.3) is 5.91 Å². The Hall–Kier alpha value is -2.25. The Labute approximate surface area is 159 Å². The lowest BCUT2D eigenvalue weighted by molar-refractivity contribution is 0.0954. The number of halogens is 1. The second-order valence-corrected chi connectivity index (χ2v) is 8.53. The monoisotopic (exact) mass is 390 g/mol. The van der Waals surface area contributed by atoms with Crippen molar-refractivity contribution in [2.75, 3.05) is 19.6 Å². The molecule has 144 valence electrons. The van der Waals surface area contributed by atoms with Gasteiger partial charge in [0, 0.05) is 25.2 Å². The predicted molar refractivity (Wildman–Crippen MR) is 101 cm³/mol. The molecule has 0 atom stereocenters. The molecular weight excluding hydrogens is 367 g/mol. The minimum Gasteiger partial charge on any atom is -0.352 e. The van der Waals surface area contributed by atoms with Gasteiger partial charge in [0.05, 0.1) is 4.90 Å². The van der Waals surface area contributed by atoms with Gasteiger partial charge in [-0.15, -0.1) is 0 Å². The molecule has 27 heavy (non-hydrogen) atoms. The summed E-state index contributed by atoms with van der Waals surface area (Å²) >= 11 is 0. The van der Waals surface area contributed by atoms with Crippen LogP contribution in [-0.4, -0.2) is 38.3 Å². The fourth-order valence-corrected chi connectivity index (χ4v) is 4.73. The van der Waals surface area contributed by atoms with Crippen LogP contribution in [0.5, 0.6) is 0 Å². The molecule has 0 aromatic heterocycles. The summed E-state index contributed by atoms with van der Waals surface area (Å²) < 4.78 is 40.6. The Morgan fingerprint density at radius 2 is 1.78 bits per heavy atom. The van der Waals surface area contributed by atoms with Crippen molar-refractivity contribution in [1.29, 1.82) is 0 Å². The number of piperidine rings is 1. The van der Waals surface area contributed by atoms with Gasteiger partial charge in [0.15, 0.2) is 0 Å². The van der Waals surface area contributed by atoms with Crippen molar-refractivity contribution in [2.24, 2.45) is 0 Å². The van der Waals surface area contributed by atoms with E-state index < -0.39 is 10.0 Å². The number of benzene rings is 2. The van der Waals surface area contributed by atoms with Gasteiger partial charge < -0.3 is 5.32 Å². The molecule has 1 amide bonds. The predicted octanol–water partition coefficient (Wildman–Crippen LogP) is 2.97. The highest BCUT2D eigenvalue weighted by molar-refractivity contribution is 7.89. The first-order valence-electron chi connectivity index (χ1n) is 9.10. The molecule has 1 aliphatic rings. The summed E-state index contributed by atoms with van der Waals surface area (Å²) in [7, 11) is -3.58. The Morgan fingerprint density at radius 1 is 1.04 bits per heavy atom. The van der Waals surface area contributed by atoms with Gasteiger partial charge in [-0.3, -0.25) is 4.79 Å². The maximum atomic E-state index is 13.6. The Bertz CT molecular complexity index is 909. The second kappa shape index (κ2) is 8.63. The number of hydrogen-bond acceptors (Lipinski definition) is 3. The number of hydrogen-bond donors (Lipinski definition) is 1. The van der Waals surface area contributed by atoms with Gasteiger partial charge in [0.1, 0.15) is 5.82 Å². The normalized spacial score (nSPS) is 15.4. The van der Waals surface area contributed by atoms with Gasteiger partial charge in [-0.25, -0.2) is 12.8 Å². The summed E-state index contributed by atoms with van der Waals surface area (Å²) in [5.41, 5.74) is 0.806. The summed E-state index contributed by atoms with van der Waals surface area (Å²) in [4.78, 5) is 12.5. The van der Waals surface area contributed by atoms with Crippen molar-refractivity contribution in [3.05, 3.63) is 65.5 Å². The topological polar surface area (TPSA) is 66.5 Å². The highest BCUT2D eigenvalue weighted by Gasteiger charge is 2.26. The summed E-state index contributed by atoms with van der Waals surface area (Å²) in [6.45, 7) is 1.30. The van der Waals surface area contributed by atoms with Gasteiger partial charge in [-0.2, -0.15) is 4.31 Å². The molecule has 1 fully saturated rings. The molecule has 1 aliphatic heterocycles. The molecule has 0 bridgehead atoms. The van der Waals surface area contributed by atoms with E-state index in [4.69, 9.17) is 0 Å². The van der Waals surface area contributed by atoms with Gasteiger partial charge >= 0.3 is 0 Å². The van der Waals surface area contributed by atoms with Crippen molar-refractivity contribution in [3.63, 3.8) is 0 Å². The fraction of sp³-hybridized carbons (Fsp3) is 0.350. The average molecular weight is 390 g/mol. The third-order valence-electron chi connectivity index (χ3n) is 4.69. The molecule has 0 unspecified atom stereocenters. The standard InChI is InChI=1S/C20H23FN2O3S/c21-19-10-3-2-7-16(19)11-12-22-20(24)17-8-6-9-18(15-17)27(25,26)23-13-4-1-5-14-23/h2-3,6-10,15H,1,4-5,11-14H2,(H,22,24). The van der Waals surface area contributed by atoms with E-state index in [1.54, 1.807) is 30.3 Å². The van der Waals surface area contributed by atoms with Crippen LogP contribution in [0, 0.1) is 5.82 Å². The fourth-order valence-electron chi connectivity index (χ4n) is 3.17. The molecular formula is C20H23FN2O3S. The number of carbonyl (C=O) groups excluding carboxylic acids is 1. The summed E-state index contributed by atoms with van der Waals surface area (Å²) in [5.74, 6) is -0.677. The highest BCUT2D eigenvalue weighted by Crippen LogP contribution is 2.21. The average Bonchev–Trinajstić information content (AvgIpc) is 2.70. The Balaban J connectivity index is 1.66. The number of sulfonamides is 1. The molecule has 0 radical (unpaired) electrons. The van der Waals surface area contributed by atoms with E-state index in [1.807, 2.05) is 0 Å². The summed E-state index contributed by atoms with van der Waals surface area (Å²) in [6.07, 6.45) is 3.12. The van der Waals surface area contributed by atoms with Crippen LogP contribution in [0.15, 0.2) is 53.4 Å². The lowest BCUT2D eigenvalue weighted by atomic mass is 10.1. The van der Waals surface area contributed by atoms with E-state index >= 15 is 0 Å². The van der Waals surface area contributed by atoms with Crippen LogP contribution in [0.2, 0.25) is 0 Å². The maximum Gasteiger partial charge on any atom is 0.251 e. The molecule has 0 saturated carbocycles. The molecule has 5 nitrogen and oxygen atoms in total. The third-order valence-corrected chi connectivity index (χ3v) is 6.58. The van der Waals surface area contributed by atoms with E-state index in [0.29, 0.717) is 25.1 Å². The zero-order valence-electron chi connectivity index (χ0n) is 15.0. The van der Waals surface area contributed by atoms with E-state index in [2.05, 4.69) is 5.32 Å². The lowest BCUT2D eigenvalue weighted by Gasteiger charge is -2.26. The van der Waals surface area contributed by atoms with Crippen LogP contribution in [0.3, 0.4) is 0 Å². The second-order valence-electron chi connectivity index (χ2n) is 6.59. The van der Waals surface area contributed by atoms with Crippen LogP contribution >= 0.6 is 0 Å². The van der Waals surface area contributed by atoms with E-state index in [-0.39, 0.29) is 28.7 Å². The van der Waals surface area contributed by atoms with Gasteiger partial charge in [0.2, 0.25) is 10.0 Å². The van der Waals surface area contributed by atoms with Crippen LogP contribution in [0.25, 0.3) is 0 Å². The minimum atomic E-state index is -3.58. The van der Waals surface area contributed by atoms with E-state index in [0.717, 1.165) is 19.3 Å². The van der Waals surface area contributed by atoms with Crippen molar-refractivity contribution in [1.82, 2.24) is 9.62 Å². The summed E-state index contributed by atoms with van der Waals surface area (Å²) in [5, 5.41) is 2.72. The molecule has 2 aromatic carbocycles. The Kier molecular flexibility index (Phi) is 6.23. The zero-order valence-corrected chi connectivity index (χ0v) is 15.8. The van der Waals surface area contributed by atoms with Crippen LogP contribution in [-0.2, 0) is 16.4 Å². The molecule has 0 spiro atoms. The first-order valence-corrected chi connectivity index (χ1v) is 10.5. The molecule has 1 saturated heterocycles. The molecule has 7 heteroatoms. The first kappa shape index (κ1) is 19.5. The van der Waals surface area contributed by atoms with Crippen LogP contribution < -0.4 is 5.32 Å². The maximum absolute atomic E-state index is 13.6. The zero-order chi connectivity index (χ0) is 19.3. The molecule has 1 heterocycles. The molecule has 1 N–H and O–H groups in total.